The molecule has 0 aliphatic rings. The number of aliphatic imine (C=N–C) groups is 1. The molecule has 0 aliphatic carbocycles. The molecule has 0 amide bonds. The van der Waals surface area contributed by atoms with E-state index in [0.717, 1.165) is 24.1 Å². The Kier molecular flexibility index (Phi) is 11.3. The van der Waals surface area contributed by atoms with Crippen LogP contribution < -0.4 is 5.73 Å². The summed E-state index contributed by atoms with van der Waals surface area (Å²) >= 11 is 0. The number of allylic oxidation sites excluding steroid dienone is 1. The molecule has 0 saturated carbocycles. The van der Waals surface area contributed by atoms with Crippen molar-refractivity contribution in [3.05, 3.63) is 95.5 Å². The van der Waals surface area contributed by atoms with Gasteiger partial charge in [-0.1, -0.05) is 62.1 Å². The molecule has 226 valence electrons. The standard InChI is InChI=1S/C29H37FN4O6SSi/c1-41(37,38)40-25(26(21-8-6-5-7-9-21)22-10-12-23(30)13-11-22)19-34-15-14-33-29(34)27(31)28(36)24(35)18-32-20-39-16-17-42(2,3)4/h5-15,18,25-26,36H,16-17,19-20,31H2,1-4H3/t25-,26+/m0/s1. The van der Waals surface area contributed by atoms with Crippen molar-refractivity contribution in [3.63, 3.8) is 0 Å². The van der Waals surface area contributed by atoms with E-state index in [1.807, 2.05) is 18.2 Å². The van der Waals surface area contributed by atoms with Crippen molar-refractivity contribution in [1.29, 1.82) is 0 Å². The number of aliphatic hydroxyl groups excluding tert-OH is 1. The zero-order valence-electron chi connectivity index (χ0n) is 24.1. The van der Waals surface area contributed by atoms with Crippen LogP contribution in [0.5, 0.6) is 0 Å². The average Bonchev–Trinajstić information content (AvgIpc) is 3.38. The molecular formula is C29H37FN4O6SSi. The molecule has 1 aromatic heterocycles. The van der Waals surface area contributed by atoms with Gasteiger partial charge < -0.3 is 20.1 Å². The van der Waals surface area contributed by atoms with Gasteiger partial charge in [-0.3, -0.25) is 14.0 Å². The summed E-state index contributed by atoms with van der Waals surface area (Å²) in [5.74, 6) is -2.68. The Bertz CT molecular complexity index is 1500. The topological polar surface area (TPSA) is 146 Å². The molecule has 13 heteroatoms. The Morgan fingerprint density at radius 3 is 2.40 bits per heavy atom. The zero-order chi connectivity index (χ0) is 30.9. The van der Waals surface area contributed by atoms with Crippen molar-refractivity contribution in [2.75, 3.05) is 19.6 Å². The number of hydrogen-bond acceptors (Lipinski definition) is 9. The van der Waals surface area contributed by atoms with Gasteiger partial charge in [0.1, 0.15) is 24.3 Å². The summed E-state index contributed by atoms with van der Waals surface area (Å²) in [5, 5.41) is 10.6. The van der Waals surface area contributed by atoms with E-state index in [1.54, 1.807) is 24.3 Å². The minimum atomic E-state index is -3.97. The number of halogens is 1. The number of nitrogens with two attached hydrogens (primary N) is 1. The van der Waals surface area contributed by atoms with E-state index in [4.69, 9.17) is 14.7 Å². The number of carbonyl (C=O) groups is 1. The number of aliphatic hydroxyl groups is 1. The molecular weight excluding hydrogens is 579 g/mol. The minimum absolute atomic E-state index is 0.0219. The van der Waals surface area contributed by atoms with Gasteiger partial charge in [-0.15, -0.1) is 0 Å². The van der Waals surface area contributed by atoms with E-state index < -0.39 is 47.6 Å². The summed E-state index contributed by atoms with van der Waals surface area (Å²) in [6.45, 7) is 7.06. The highest BCUT2D eigenvalue weighted by atomic mass is 32.2. The predicted molar refractivity (Wildman–Crippen MR) is 163 cm³/mol. The van der Waals surface area contributed by atoms with Crippen LogP contribution in [0.4, 0.5) is 4.39 Å². The first-order valence-electron chi connectivity index (χ1n) is 13.3. The van der Waals surface area contributed by atoms with Crippen molar-refractivity contribution in [2.45, 2.75) is 44.3 Å². The second-order valence-corrected chi connectivity index (χ2v) is 18.2. The molecule has 0 saturated heterocycles. The minimum Gasteiger partial charge on any atom is -0.503 e. The van der Waals surface area contributed by atoms with E-state index in [9.17, 15) is 22.7 Å². The van der Waals surface area contributed by atoms with Crippen LogP contribution >= 0.6 is 0 Å². The number of ether oxygens (including phenoxy) is 1. The number of rotatable bonds is 15. The number of hydrogen-bond donors (Lipinski definition) is 2. The molecule has 3 rings (SSSR count). The van der Waals surface area contributed by atoms with Gasteiger partial charge in [0.15, 0.2) is 11.6 Å². The summed E-state index contributed by atoms with van der Waals surface area (Å²) in [7, 11) is -5.22. The molecule has 0 fully saturated rings. The van der Waals surface area contributed by atoms with Crippen LogP contribution in [0.25, 0.3) is 5.70 Å². The number of ketones is 1. The fraction of sp³-hybridized carbons (Fsp3) is 0.345. The SMILES string of the molecule is C[Si](C)(C)CCOCN=CC(=O)C(O)=C(N)c1nccn1C[C@H](OS(C)(=O)=O)[C@H](c1ccccc1)c1ccc(F)cc1. The summed E-state index contributed by atoms with van der Waals surface area (Å²) in [6.07, 6.45) is 3.74. The number of imidazole rings is 1. The summed E-state index contributed by atoms with van der Waals surface area (Å²) < 4.78 is 51.0. The highest BCUT2D eigenvalue weighted by molar-refractivity contribution is 7.86. The monoisotopic (exact) mass is 616 g/mol. The predicted octanol–water partition coefficient (Wildman–Crippen LogP) is 4.34. The third kappa shape index (κ3) is 10.0. The fourth-order valence-corrected chi connectivity index (χ4v) is 5.56. The summed E-state index contributed by atoms with van der Waals surface area (Å²) in [4.78, 5) is 20.6. The van der Waals surface area contributed by atoms with Gasteiger partial charge >= 0.3 is 0 Å². The maximum absolute atomic E-state index is 13.8. The maximum Gasteiger partial charge on any atom is 0.264 e. The maximum atomic E-state index is 13.8. The largest absolute Gasteiger partial charge is 0.503 e. The zero-order valence-corrected chi connectivity index (χ0v) is 25.9. The molecule has 0 radical (unpaired) electrons. The molecule has 3 N–H and O–H groups in total. The van der Waals surface area contributed by atoms with Crippen LogP contribution in [0.3, 0.4) is 0 Å². The lowest BCUT2D eigenvalue weighted by molar-refractivity contribution is -0.111. The molecule has 0 bridgehead atoms. The third-order valence-corrected chi connectivity index (χ3v) is 8.55. The molecule has 42 heavy (non-hydrogen) atoms. The van der Waals surface area contributed by atoms with Crippen LogP contribution in [-0.4, -0.2) is 68.8 Å². The van der Waals surface area contributed by atoms with Gasteiger partial charge in [0.2, 0.25) is 5.78 Å². The molecule has 0 unspecified atom stereocenters. The van der Waals surface area contributed by atoms with Gasteiger partial charge in [0, 0.05) is 33.0 Å². The smallest absolute Gasteiger partial charge is 0.264 e. The molecule has 0 aliphatic heterocycles. The van der Waals surface area contributed by atoms with Crippen molar-refractivity contribution in [2.24, 2.45) is 10.7 Å². The Labute approximate surface area is 246 Å². The first kappa shape index (κ1) is 32.9. The number of carbonyl (C=O) groups excluding carboxylic acids is 1. The van der Waals surface area contributed by atoms with Crippen molar-refractivity contribution in [1.82, 2.24) is 9.55 Å². The van der Waals surface area contributed by atoms with Crippen molar-refractivity contribution >= 4 is 35.9 Å². The molecule has 2 aromatic carbocycles. The first-order chi connectivity index (χ1) is 19.7. The van der Waals surface area contributed by atoms with E-state index >= 15 is 0 Å². The average molecular weight is 617 g/mol. The number of benzene rings is 2. The lowest BCUT2D eigenvalue weighted by atomic mass is 9.86. The number of nitrogens with zero attached hydrogens (tertiary/aromatic N) is 3. The molecule has 1 heterocycles. The van der Waals surface area contributed by atoms with Gasteiger partial charge in [-0.2, -0.15) is 8.42 Å². The van der Waals surface area contributed by atoms with Crippen LogP contribution in [0, 0.1) is 5.82 Å². The Morgan fingerprint density at radius 1 is 1.14 bits per heavy atom. The summed E-state index contributed by atoms with van der Waals surface area (Å²) in [6, 6.07) is 15.7. The normalized spacial score (nSPS) is 14.5. The van der Waals surface area contributed by atoms with Crippen LogP contribution in [0.15, 0.2) is 77.7 Å². The fourth-order valence-electron chi connectivity index (χ4n) is 4.18. The lowest BCUT2D eigenvalue weighted by Gasteiger charge is -2.28. The van der Waals surface area contributed by atoms with Crippen LogP contribution in [0.1, 0.15) is 22.9 Å². The van der Waals surface area contributed by atoms with E-state index in [2.05, 4.69) is 29.6 Å². The molecule has 2 atom stereocenters. The van der Waals surface area contributed by atoms with Gasteiger partial charge in [-0.05, 0) is 29.3 Å². The van der Waals surface area contributed by atoms with Crippen molar-refractivity contribution in [3.8, 4) is 0 Å². The molecule has 3 aromatic rings. The molecule has 0 spiro atoms. The van der Waals surface area contributed by atoms with Gasteiger partial charge in [-0.25, -0.2) is 9.37 Å². The van der Waals surface area contributed by atoms with Gasteiger partial charge in [0.25, 0.3) is 10.1 Å². The Morgan fingerprint density at radius 2 is 1.79 bits per heavy atom. The number of Topliss-reactive ketones (excluding diaryl/α,β-unsaturated/α-hetero) is 1. The summed E-state index contributed by atoms with van der Waals surface area (Å²) in [5.41, 5.74) is 7.15. The third-order valence-electron chi connectivity index (χ3n) is 6.25. The highest BCUT2D eigenvalue weighted by Gasteiger charge is 2.31. The lowest BCUT2D eigenvalue weighted by Crippen LogP contribution is -2.31. The molecule has 10 nitrogen and oxygen atoms in total. The highest BCUT2D eigenvalue weighted by Crippen LogP contribution is 2.32. The second-order valence-electron chi connectivity index (χ2n) is 11.0. The second kappa shape index (κ2) is 14.5. The Hall–Kier alpha value is -3.65. The number of aromatic nitrogens is 2. The van der Waals surface area contributed by atoms with E-state index in [0.29, 0.717) is 12.2 Å². The Balaban J connectivity index is 1.89. The van der Waals surface area contributed by atoms with Gasteiger partial charge in [0.05, 0.1) is 19.0 Å². The quantitative estimate of drug-likeness (QED) is 0.0641. The van der Waals surface area contributed by atoms with Crippen molar-refractivity contribution < 1.29 is 31.6 Å². The first-order valence-corrected chi connectivity index (χ1v) is 18.8. The van der Waals surface area contributed by atoms with Crippen LogP contribution in [0.2, 0.25) is 25.7 Å². The van der Waals surface area contributed by atoms with Crippen LogP contribution in [-0.2, 0) is 30.4 Å². The van der Waals surface area contributed by atoms with E-state index in [-0.39, 0.29) is 24.8 Å². The van der Waals surface area contributed by atoms with E-state index in [1.165, 1.54) is 29.1 Å².